The zero-order chi connectivity index (χ0) is 13.4. The zero-order valence-corrected chi connectivity index (χ0v) is 10.5. The molecule has 0 saturated carbocycles. The van der Waals surface area contributed by atoms with Crippen molar-refractivity contribution in [2.75, 3.05) is 0 Å². The topological polar surface area (TPSA) is 69.1 Å². The quantitative estimate of drug-likeness (QED) is 0.747. The Hall–Kier alpha value is -2.05. The molecule has 0 aliphatic carbocycles. The first-order valence-electron chi connectivity index (χ1n) is 5.56. The van der Waals surface area contributed by atoms with E-state index in [2.05, 4.69) is 4.98 Å². The fraction of sp³-hybridized carbons (Fsp3) is 0.0769. The summed E-state index contributed by atoms with van der Waals surface area (Å²) < 4.78 is 18.8. The Balaban J connectivity index is 2.04. The first-order valence-corrected chi connectivity index (χ1v) is 6.44. The summed E-state index contributed by atoms with van der Waals surface area (Å²) in [6, 6.07) is 6.06. The van der Waals surface area contributed by atoms with Gasteiger partial charge < -0.3 is 10.2 Å². The molecule has 0 amide bonds. The van der Waals surface area contributed by atoms with Gasteiger partial charge in [0.2, 0.25) is 5.78 Å². The third-order valence-electron chi connectivity index (χ3n) is 2.68. The number of aromatic nitrogens is 1. The molecule has 4 nitrogen and oxygen atoms in total. The molecule has 0 aliphatic rings. The van der Waals surface area contributed by atoms with E-state index in [4.69, 9.17) is 10.2 Å². The number of hydrogen-bond acceptors (Lipinski definition) is 5. The number of furan rings is 1. The Morgan fingerprint density at radius 3 is 3.00 bits per heavy atom. The van der Waals surface area contributed by atoms with Crippen molar-refractivity contribution >= 4 is 28.1 Å². The normalized spacial score (nSPS) is 11.1. The van der Waals surface area contributed by atoms with Gasteiger partial charge in [-0.25, -0.2) is 9.37 Å². The molecule has 0 spiro atoms. The fourth-order valence-electron chi connectivity index (χ4n) is 1.77. The smallest absolute Gasteiger partial charge is 0.247 e. The molecule has 19 heavy (non-hydrogen) atoms. The van der Waals surface area contributed by atoms with Gasteiger partial charge in [-0.3, -0.25) is 4.79 Å². The average molecular weight is 276 g/mol. The third-order valence-corrected chi connectivity index (χ3v) is 3.55. The van der Waals surface area contributed by atoms with E-state index < -0.39 is 5.82 Å². The summed E-state index contributed by atoms with van der Waals surface area (Å²) in [5.41, 5.74) is 5.80. The summed E-state index contributed by atoms with van der Waals surface area (Å²) >= 11 is 1.31. The van der Waals surface area contributed by atoms with Crippen molar-refractivity contribution in [2.45, 2.75) is 6.54 Å². The second kappa shape index (κ2) is 4.56. The van der Waals surface area contributed by atoms with Gasteiger partial charge in [0, 0.05) is 17.3 Å². The van der Waals surface area contributed by atoms with Gasteiger partial charge >= 0.3 is 0 Å². The zero-order valence-electron chi connectivity index (χ0n) is 9.72. The Kier molecular flexibility index (Phi) is 2.88. The molecule has 2 heterocycles. The van der Waals surface area contributed by atoms with Crippen molar-refractivity contribution in [1.29, 1.82) is 0 Å². The number of nitrogens with two attached hydrogens (primary N) is 1. The van der Waals surface area contributed by atoms with Crippen molar-refractivity contribution in [1.82, 2.24) is 4.98 Å². The lowest BCUT2D eigenvalue weighted by atomic mass is 10.2. The maximum atomic E-state index is 13.5. The van der Waals surface area contributed by atoms with E-state index in [-0.39, 0.29) is 29.4 Å². The number of hydrogen-bond donors (Lipinski definition) is 1. The molecule has 0 unspecified atom stereocenters. The van der Waals surface area contributed by atoms with Crippen LogP contribution in [-0.2, 0) is 6.54 Å². The minimum Gasteiger partial charge on any atom is -0.449 e. The standard InChI is InChI=1S/C13H9FN2O2S/c14-8-3-1-2-7-4-10(18-13(7)8)12(17)9-6-19-11(5-15)16-9/h1-4,6H,5,15H2. The summed E-state index contributed by atoms with van der Waals surface area (Å²) in [7, 11) is 0. The Bertz CT molecular complexity index is 763. The van der Waals surface area contributed by atoms with Crippen LogP contribution >= 0.6 is 11.3 Å². The van der Waals surface area contributed by atoms with E-state index in [0.29, 0.717) is 10.4 Å². The lowest BCUT2D eigenvalue weighted by Gasteiger charge is -1.91. The minimum absolute atomic E-state index is 0.0778. The molecule has 0 saturated heterocycles. The summed E-state index contributed by atoms with van der Waals surface area (Å²) in [5.74, 6) is -0.780. The molecule has 0 radical (unpaired) electrons. The van der Waals surface area contributed by atoms with Crippen molar-refractivity contribution < 1.29 is 13.6 Å². The fourth-order valence-corrected chi connectivity index (χ4v) is 2.43. The van der Waals surface area contributed by atoms with Gasteiger partial charge in [0.15, 0.2) is 17.2 Å². The summed E-state index contributed by atoms with van der Waals surface area (Å²) in [6.07, 6.45) is 0. The third kappa shape index (κ3) is 2.05. The Labute approximate surface area is 111 Å². The van der Waals surface area contributed by atoms with Crippen LogP contribution < -0.4 is 5.73 Å². The van der Waals surface area contributed by atoms with E-state index in [0.717, 1.165) is 0 Å². The minimum atomic E-state index is -0.488. The number of fused-ring (bicyclic) bond motifs is 1. The summed E-state index contributed by atoms with van der Waals surface area (Å²) in [5, 5.41) is 2.84. The molecule has 2 aromatic heterocycles. The monoisotopic (exact) mass is 276 g/mol. The molecule has 1 aromatic carbocycles. The number of thiazole rings is 1. The second-order valence-corrected chi connectivity index (χ2v) is 4.87. The number of benzene rings is 1. The van der Waals surface area contributed by atoms with Crippen molar-refractivity contribution in [3.8, 4) is 0 Å². The van der Waals surface area contributed by atoms with Gasteiger partial charge in [-0.2, -0.15) is 0 Å². The van der Waals surface area contributed by atoms with E-state index >= 15 is 0 Å². The van der Waals surface area contributed by atoms with Crippen LogP contribution in [0.15, 0.2) is 34.1 Å². The predicted octanol–water partition coefficient (Wildman–Crippen LogP) is 2.72. The number of carbonyl (C=O) groups excluding carboxylic acids is 1. The number of ketones is 1. The highest BCUT2D eigenvalue weighted by Crippen LogP contribution is 2.24. The second-order valence-electron chi connectivity index (χ2n) is 3.93. The lowest BCUT2D eigenvalue weighted by molar-refractivity contribution is 0.101. The number of halogens is 1. The molecule has 2 N–H and O–H groups in total. The molecule has 0 bridgehead atoms. The molecular weight excluding hydrogens is 267 g/mol. The van der Waals surface area contributed by atoms with Gasteiger partial charge in [-0.05, 0) is 12.1 Å². The summed E-state index contributed by atoms with van der Waals surface area (Å²) in [4.78, 5) is 16.2. The molecule has 6 heteroatoms. The van der Waals surface area contributed by atoms with Crippen molar-refractivity contribution in [2.24, 2.45) is 5.73 Å². The maximum Gasteiger partial charge on any atom is 0.247 e. The molecule has 3 aromatic rings. The van der Waals surface area contributed by atoms with Crippen molar-refractivity contribution in [3.05, 3.63) is 51.9 Å². The van der Waals surface area contributed by atoms with Crippen LogP contribution in [0.5, 0.6) is 0 Å². The van der Waals surface area contributed by atoms with Crippen LogP contribution in [0.2, 0.25) is 0 Å². The molecule has 96 valence electrons. The molecule has 0 aliphatic heterocycles. The van der Waals surface area contributed by atoms with Gasteiger partial charge in [-0.15, -0.1) is 11.3 Å². The molecule has 3 rings (SSSR count). The molecular formula is C13H9FN2O2S. The van der Waals surface area contributed by atoms with E-state index in [9.17, 15) is 9.18 Å². The Morgan fingerprint density at radius 2 is 2.32 bits per heavy atom. The van der Waals surface area contributed by atoms with Crippen LogP contribution in [-0.4, -0.2) is 10.8 Å². The highest BCUT2D eigenvalue weighted by molar-refractivity contribution is 7.09. The van der Waals surface area contributed by atoms with Gasteiger partial charge in [0.25, 0.3) is 0 Å². The molecule has 0 atom stereocenters. The number of para-hydroxylation sites is 1. The SMILES string of the molecule is NCc1nc(C(=O)c2cc3cccc(F)c3o2)cs1. The lowest BCUT2D eigenvalue weighted by Crippen LogP contribution is -2.02. The van der Waals surface area contributed by atoms with Gasteiger partial charge in [0.05, 0.1) is 0 Å². The van der Waals surface area contributed by atoms with Gasteiger partial charge in [0.1, 0.15) is 10.7 Å². The van der Waals surface area contributed by atoms with Crippen LogP contribution in [0, 0.1) is 5.82 Å². The summed E-state index contributed by atoms with van der Waals surface area (Å²) in [6.45, 7) is 0.284. The number of carbonyl (C=O) groups is 1. The van der Waals surface area contributed by atoms with E-state index in [1.54, 1.807) is 17.5 Å². The largest absolute Gasteiger partial charge is 0.449 e. The average Bonchev–Trinajstić information content (AvgIpc) is 3.05. The highest BCUT2D eigenvalue weighted by atomic mass is 32.1. The van der Waals surface area contributed by atoms with Crippen molar-refractivity contribution in [3.63, 3.8) is 0 Å². The maximum absolute atomic E-state index is 13.5. The number of rotatable bonds is 3. The van der Waals surface area contributed by atoms with Gasteiger partial charge in [-0.1, -0.05) is 12.1 Å². The van der Waals surface area contributed by atoms with E-state index in [1.165, 1.54) is 23.5 Å². The van der Waals surface area contributed by atoms with Crippen LogP contribution in [0.4, 0.5) is 4.39 Å². The van der Waals surface area contributed by atoms with Crippen LogP contribution in [0.1, 0.15) is 21.3 Å². The highest BCUT2D eigenvalue weighted by Gasteiger charge is 2.18. The number of nitrogens with zero attached hydrogens (tertiary/aromatic N) is 1. The first-order chi connectivity index (χ1) is 9.19. The van der Waals surface area contributed by atoms with Crippen LogP contribution in [0.3, 0.4) is 0 Å². The first kappa shape index (κ1) is 12.0. The molecule has 0 fully saturated rings. The predicted molar refractivity (Wildman–Crippen MR) is 69.6 cm³/mol. The van der Waals surface area contributed by atoms with E-state index in [1.807, 2.05) is 0 Å². The Morgan fingerprint density at radius 1 is 1.47 bits per heavy atom. The van der Waals surface area contributed by atoms with Crippen LogP contribution in [0.25, 0.3) is 11.0 Å².